The van der Waals surface area contributed by atoms with Gasteiger partial charge in [0, 0.05) is 5.56 Å². The third-order valence-electron chi connectivity index (χ3n) is 3.10. The molecule has 1 aromatic heterocycles. The molecule has 2 fully saturated rings. The summed E-state index contributed by atoms with van der Waals surface area (Å²) < 4.78 is 27.6. The van der Waals surface area contributed by atoms with E-state index in [-0.39, 0.29) is 30.9 Å². The quantitative estimate of drug-likeness (QED) is 0.804. The van der Waals surface area contributed by atoms with Crippen LogP contribution in [0.2, 0.25) is 0 Å². The molecule has 0 bridgehead atoms. The van der Waals surface area contributed by atoms with Crippen molar-refractivity contribution in [2.45, 2.75) is 51.3 Å². The highest BCUT2D eigenvalue weighted by Gasteiger charge is 2.50. The third-order valence-corrected chi connectivity index (χ3v) is 3.10. The maximum absolute atomic E-state index is 5.83. The van der Waals surface area contributed by atoms with Gasteiger partial charge in [0.05, 0.1) is 25.2 Å². The summed E-state index contributed by atoms with van der Waals surface area (Å²) in [5.41, 5.74) is 1.01. The zero-order chi connectivity index (χ0) is 11.8. The van der Waals surface area contributed by atoms with Gasteiger partial charge in [0.2, 0.25) is 0 Å². The standard InChI is InChI=1S/C12H16O5/c1-7-10(14-6-9-3-4-13-5-9)11-12(15-7)17-8(2)16-11/h3-5,7-8,10-12H,6H2,1-2H3/t7-,8?,10+,11-,12-/m1/s1. The van der Waals surface area contributed by atoms with Crippen molar-refractivity contribution in [2.75, 3.05) is 0 Å². The fourth-order valence-electron chi connectivity index (χ4n) is 2.28. The van der Waals surface area contributed by atoms with E-state index in [0.29, 0.717) is 6.61 Å². The fourth-order valence-corrected chi connectivity index (χ4v) is 2.28. The maximum Gasteiger partial charge on any atom is 0.189 e. The summed E-state index contributed by atoms with van der Waals surface area (Å²) in [6.07, 6.45) is 2.53. The van der Waals surface area contributed by atoms with Crippen molar-refractivity contribution in [1.29, 1.82) is 0 Å². The van der Waals surface area contributed by atoms with Gasteiger partial charge in [0.25, 0.3) is 0 Å². The molecule has 0 saturated carbocycles. The van der Waals surface area contributed by atoms with E-state index >= 15 is 0 Å². The smallest absolute Gasteiger partial charge is 0.189 e. The molecule has 0 aliphatic carbocycles. The Labute approximate surface area is 99.6 Å². The first-order valence-electron chi connectivity index (χ1n) is 5.83. The van der Waals surface area contributed by atoms with Gasteiger partial charge in [-0.05, 0) is 19.9 Å². The zero-order valence-electron chi connectivity index (χ0n) is 9.87. The van der Waals surface area contributed by atoms with Gasteiger partial charge in [0.15, 0.2) is 12.6 Å². The topological polar surface area (TPSA) is 50.1 Å². The van der Waals surface area contributed by atoms with Gasteiger partial charge in [-0.25, -0.2) is 0 Å². The summed E-state index contributed by atoms with van der Waals surface area (Å²) in [5, 5.41) is 0. The molecule has 94 valence electrons. The lowest BCUT2D eigenvalue weighted by molar-refractivity contribution is -0.163. The van der Waals surface area contributed by atoms with Crippen LogP contribution in [0.3, 0.4) is 0 Å². The number of furan rings is 1. The predicted molar refractivity (Wildman–Crippen MR) is 57.0 cm³/mol. The molecule has 2 saturated heterocycles. The highest BCUT2D eigenvalue weighted by atomic mass is 16.8. The Kier molecular flexibility index (Phi) is 2.92. The van der Waals surface area contributed by atoms with Crippen LogP contribution in [0, 0.1) is 0 Å². The zero-order valence-corrected chi connectivity index (χ0v) is 9.87. The first-order chi connectivity index (χ1) is 8.24. The average molecular weight is 240 g/mol. The molecule has 0 radical (unpaired) electrons. The molecule has 1 aromatic rings. The summed E-state index contributed by atoms with van der Waals surface area (Å²) in [5.74, 6) is 0. The highest BCUT2D eigenvalue weighted by Crippen LogP contribution is 2.34. The molecule has 5 heteroatoms. The molecule has 0 aromatic carbocycles. The molecule has 0 N–H and O–H groups in total. The monoisotopic (exact) mass is 240 g/mol. The second-order valence-corrected chi connectivity index (χ2v) is 4.42. The first-order valence-corrected chi connectivity index (χ1v) is 5.83. The summed E-state index contributed by atoms with van der Waals surface area (Å²) in [4.78, 5) is 0. The van der Waals surface area contributed by atoms with Gasteiger partial charge in [0.1, 0.15) is 12.2 Å². The van der Waals surface area contributed by atoms with Crippen LogP contribution in [0.15, 0.2) is 23.0 Å². The Hall–Kier alpha value is -0.880. The van der Waals surface area contributed by atoms with Crippen LogP contribution in [0.4, 0.5) is 0 Å². The second-order valence-electron chi connectivity index (χ2n) is 4.42. The number of hydrogen-bond donors (Lipinski definition) is 0. The lowest BCUT2D eigenvalue weighted by Gasteiger charge is -2.19. The molecular weight excluding hydrogens is 224 g/mol. The largest absolute Gasteiger partial charge is 0.472 e. The molecule has 3 rings (SSSR count). The minimum atomic E-state index is -0.297. The SMILES string of the molecule is CC1O[C@H]2O[C@H](C)[C@H](OCc3ccoc3)[C@H]2O1. The molecule has 0 spiro atoms. The van der Waals surface area contributed by atoms with E-state index < -0.39 is 0 Å². The third kappa shape index (κ3) is 2.11. The minimum absolute atomic E-state index is 0.0237. The van der Waals surface area contributed by atoms with Crippen molar-refractivity contribution < 1.29 is 23.4 Å². The number of rotatable bonds is 3. The predicted octanol–water partition coefficient (Wildman–Crippen LogP) is 1.67. The number of hydrogen-bond acceptors (Lipinski definition) is 5. The Morgan fingerprint density at radius 2 is 2.12 bits per heavy atom. The minimum Gasteiger partial charge on any atom is -0.472 e. The number of fused-ring (bicyclic) bond motifs is 1. The van der Waals surface area contributed by atoms with Crippen molar-refractivity contribution in [2.24, 2.45) is 0 Å². The molecule has 2 aliphatic rings. The molecule has 0 amide bonds. The van der Waals surface area contributed by atoms with Crippen LogP contribution >= 0.6 is 0 Å². The van der Waals surface area contributed by atoms with Gasteiger partial charge in [-0.2, -0.15) is 0 Å². The average Bonchev–Trinajstić information content (AvgIpc) is 2.93. The van der Waals surface area contributed by atoms with E-state index in [1.807, 2.05) is 19.9 Å². The van der Waals surface area contributed by atoms with E-state index in [1.165, 1.54) is 0 Å². The molecule has 3 heterocycles. The normalized spacial score (nSPS) is 40.7. The van der Waals surface area contributed by atoms with Gasteiger partial charge < -0.3 is 23.4 Å². The van der Waals surface area contributed by atoms with Gasteiger partial charge >= 0.3 is 0 Å². The van der Waals surface area contributed by atoms with Crippen LogP contribution in [0.1, 0.15) is 19.4 Å². The number of ether oxygens (including phenoxy) is 4. The highest BCUT2D eigenvalue weighted by molar-refractivity contribution is 5.03. The van der Waals surface area contributed by atoms with Crippen LogP contribution < -0.4 is 0 Å². The van der Waals surface area contributed by atoms with Gasteiger partial charge in [-0.3, -0.25) is 0 Å². The van der Waals surface area contributed by atoms with Crippen molar-refractivity contribution in [3.05, 3.63) is 24.2 Å². The fraction of sp³-hybridized carbons (Fsp3) is 0.667. The van der Waals surface area contributed by atoms with Crippen LogP contribution in [0.5, 0.6) is 0 Å². The Morgan fingerprint density at radius 1 is 1.24 bits per heavy atom. The molecule has 17 heavy (non-hydrogen) atoms. The van der Waals surface area contributed by atoms with Gasteiger partial charge in [-0.15, -0.1) is 0 Å². The Morgan fingerprint density at radius 3 is 2.88 bits per heavy atom. The van der Waals surface area contributed by atoms with Crippen molar-refractivity contribution in [3.63, 3.8) is 0 Å². The second kappa shape index (κ2) is 4.42. The van der Waals surface area contributed by atoms with Crippen LogP contribution in [-0.2, 0) is 25.6 Å². The van der Waals surface area contributed by atoms with E-state index in [0.717, 1.165) is 5.56 Å². The van der Waals surface area contributed by atoms with Crippen molar-refractivity contribution in [3.8, 4) is 0 Å². The molecular formula is C12H16O5. The lowest BCUT2D eigenvalue weighted by Crippen LogP contribution is -2.33. The summed E-state index contributed by atoms with van der Waals surface area (Å²) in [6, 6.07) is 1.88. The van der Waals surface area contributed by atoms with Crippen LogP contribution in [0.25, 0.3) is 0 Å². The lowest BCUT2D eigenvalue weighted by atomic mass is 10.1. The molecule has 1 unspecified atom stereocenters. The van der Waals surface area contributed by atoms with Crippen molar-refractivity contribution in [1.82, 2.24) is 0 Å². The summed E-state index contributed by atoms with van der Waals surface area (Å²) >= 11 is 0. The van der Waals surface area contributed by atoms with Crippen molar-refractivity contribution >= 4 is 0 Å². The van der Waals surface area contributed by atoms with E-state index in [4.69, 9.17) is 23.4 Å². The first kappa shape index (κ1) is 11.2. The summed E-state index contributed by atoms with van der Waals surface area (Å²) in [7, 11) is 0. The maximum atomic E-state index is 5.83. The molecule has 5 atom stereocenters. The van der Waals surface area contributed by atoms with Crippen LogP contribution in [-0.4, -0.2) is 30.9 Å². The summed E-state index contributed by atoms with van der Waals surface area (Å²) in [6.45, 7) is 4.32. The van der Waals surface area contributed by atoms with Gasteiger partial charge in [-0.1, -0.05) is 0 Å². The molecule has 5 nitrogen and oxygen atoms in total. The van der Waals surface area contributed by atoms with E-state index in [1.54, 1.807) is 12.5 Å². The Bertz CT molecular complexity index is 363. The molecule has 2 aliphatic heterocycles. The van der Waals surface area contributed by atoms with E-state index in [9.17, 15) is 0 Å². The van der Waals surface area contributed by atoms with E-state index in [2.05, 4.69) is 0 Å². The Balaban J connectivity index is 1.62.